The Balaban J connectivity index is 1.34. The number of hydrazine groups is 2. The lowest BCUT2D eigenvalue weighted by atomic mass is 9.89. The number of fused-ring (bicyclic) bond motifs is 1. The maximum atomic E-state index is 14.7. The van der Waals surface area contributed by atoms with Crippen molar-refractivity contribution in [1.29, 1.82) is 0 Å². The van der Waals surface area contributed by atoms with Gasteiger partial charge in [-0.1, -0.05) is 29.8 Å². The van der Waals surface area contributed by atoms with Gasteiger partial charge >= 0.3 is 5.97 Å². The Morgan fingerprint density at radius 1 is 1.00 bits per heavy atom. The Labute approximate surface area is 262 Å². The van der Waals surface area contributed by atoms with Crippen molar-refractivity contribution < 1.29 is 28.7 Å². The summed E-state index contributed by atoms with van der Waals surface area (Å²) in [6.07, 6.45) is 1.81. The van der Waals surface area contributed by atoms with Crippen molar-refractivity contribution in [2.24, 2.45) is 0 Å². The van der Waals surface area contributed by atoms with Crippen LogP contribution in [-0.2, 0) is 20.8 Å². The first kappa shape index (κ1) is 29.9. The van der Waals surface area contributed by atoms with Crippen LogP contribution in [0.4, 0.5) is 21.5 Å². The molecule has 0 saturated carbocycles. The number of hydrogen-bond acceptors (Lipinski definition) is 8. The van der Waals surface area contributed by atoms with Crippen molar-refractivity contribution in [1.82, 2.24) is 20.8 Å². The van der Waals surface area contributed by atoms with Crippen LogP contribution in [0.2, 0.25) is 5.02 Å². The minimum atomic E-state index is -1.10. The van der Waals surface area contributed by atoms with E-state index in [1.54, 1.807) is 30.1 Å². The number of benzene rings is 3. The molecule has 1 atom stereocenters. The van der Waals surface area contributed by atoms with Gasteiger partial charge in [0.2, 0.25) is 5.91 Å². The van der Waals surface area contributed by atoms with E-state index < -0.39 is 29.6 Å². The fraction of sp³-hybridized carbons (Fsp3) is 0.226. The fourth-order valence-corrected chi connectivity index (χ4v) is 5.87. The van der Waals surface area contributed by atoms with E-state index in [0.717, 1.165) is 11.3 Å². The predicted molar refractivity (Wildman–Crippen MR) is 165 cm³/mol. The maximum absolute atomic E-state index is 14.7. The van der Waals surface area contributed by atoms with Crippen molar-refractivity contribution in [3.05, 3.63) is 100 Å². The molecule has 0 radical (unpaired) electrons. The molecule has 3 aromatic rings. The van der Waals surface area contributed by atoms with E-state index in [4.69, 9.17) is 11.6 Å². The highest BCUT2D eigenvalue weighted by molar-refractivity contribution is 6.31. The number of nitrogens with zero attached hydrogens (tertiary/aromatic N) is 4. The highest BCUT2D eigenvalue weighted by Gasteiger charge is 2.40. The number of anilines is 3. The minimum absolute atomic E-state index is 0.0157. The Hall–Kier alpha value is -5.14. The Bertz CT molecular complexity index is 1730. The van der Waals surface area contributed by atoms with Crippen molar-refractivity contribution in [2.45, 2.75) is 12.5 Å². The topological polar surface area (TPSA) is 138 Å². The largest absolute Gasteiger partial charge is 0.478 e. The number of halogens is 2. The predicted octanol–water partition coefficient (Wildman–Crippen LogP) is 2.89. The molecule has 12 nitrogen and oxygen atoms in total. The molecule has 14 heteroatoms. The van der Waals surface area contributed by atoms with Gasteiger partial charge in [0.25, 0.3) is 11.8 Å². The molecule has 3 aliphatic rings. The molecule has 0 bridgehead atoms. The number of likely N-dealkylation sites (N-methyl/N-ethyl adjacent to an activating group) is 1. The van der Waals surface area contributed by atoms with Crippen molar-refractivity contribution in [2.75, 3.05) is 48.5 Å². The number of carbonyl (C=O) groups is 4. The van der Waals surface area contributed by atoms with E-state index in [1.807, 2.05) is 11.0 Å². The van der Waals surface area contributed by atoms with Gasteiger partial charge in [-0.25, -0.2) is 9.18 Å². The number of amides is 3. The van der Waals surface area contributed by atoms with Crippen LogP contribution in [-0.4, -0.2) is 71.8 Å². The monoisotopic (exact) mass is 633 g/mol. The molecular formula is C31H29ClFN7O5. The molecule has 0 aromatic heterocycles. The SMILES string of the molecule is CN1CCN(c2cccc3c2CCN(C(=O)C2=CN(c4cccc(Cl)c4F)NN2)[C@H]3C(=O)Nc2ccc(C(=O)O)cc2)CC1=O. The van der Waals surface area contributed by atoms with Crippen molar-refractivity contribution in [3.8, 4) is 0 Å². The van der Waals surface area contributed by atoms with E-state index >= 15 is 0 Å². The van der Waals surface area contributed by atoms with Gasteiger partial charge in [0.15, 0.2) is 5.82 Å². The number of hydrogen-bond donors (Lipinski definition) is 4. The van der Waals surface area contributed by atoms with Crippen LogP contribution in [0.3, 0.4) is 0 Å². The first-order valence-corrected chi connectivity index (χ1v) is 14.5. The molecule has 3 aromatic carbocycles. The molecule has 1 fully saturated rings. The molecule has 6 rings (SSSR count). The summed E-state index contributed by atoms with van der Waals surface area (Å²) in [6, 6.07) is 14.6. The molecule has 232 valence electrons. The number of piperazine rings is 1. The van der Waals surface area contributed by atoms with E-state index in [9.17, 15) is 28.7 Å². The third-order valence-electron chi connectivity index (χ3n) is 8.09. The van der Waals surface area contributed by atoms with E-state index in [2.05, 4.69) is 16.3 Å². The first-order valence-electron chi connectivity index (χ1n) is 14.1. The van der Waals surface area contributed by atoms with Crippen LogP contribution in [0, 0.1) is 5.82 Å². The molecule has 45 heavy (non-hydrogen) atoms. The zero-order valence-corrected chi connectivity index (χ0v) is 24.8. The van der Waals surface area contributed by atoms with Gasteiger partial charge in [0, 0.05) is 38.1 Å². The van der Waals surface area contributed by atoms with Gasteiger partial charge in [-0.2, -0.15) is 0 Å². The van der Waals surface area contributed by atoms with Gasteiger partial charge in [0.05, 0.1) is 29.0 Å². The van der Waals surface area contributed by atoms with Crippen LogP contribution < -0.4 is 26.2 Å². The van der Waals surface area contributed by atoms with Gasteiger partial charge in [-0.15, -0.1) is 5.53 Å². The molecular weight excluding hydrogens is 605 g/mol. The minimum Gasteiger partial charge on any atom is -0.478 e. The van der Waals surface area contributed by atoms with Gasteiger partial charge in [0.1, 0.15) is 11.7 Å². The lowest BCUT2D eigenvalue weighted by molar-refractivity contribution is -0.136. The normalized spacial score (nSPS) is 17.9. The highest BCUT2D eigenvalue weighted by Crippen LogP contribution is 2.38. The molecule has 3 amide bonds. The summed E-state index contributed by atoms with van der Waals surface area (Å²) in [5, 5.41) is 13.3. The second-order valence-corrected chi connectivity index (χ2v) is 11.2. The van der Waals surface area contributed by atoms with Gasteiger partial charge in [-0.3, -0.25) is 24.8 Å². The smallest absolute Gasteiger partial charge is 0.335 e. The highest BCUT2D eigenvalue weighted by atomic mass is 35.5. The summed E-state index contributed by atoms with van der Waals surface area (Å²) < 4.78 is 14.7. The standard InChI is InChI=1S/C31H29ClFN7O5/c1-37-14-15-38(17-26(37)41)24-6-2-4-21-20(24)12-13-39(28(21)29(42)34-19-10-8-18(9-11-19)31(44)45)30(43)23-16-40(36-35-23)25-7-3-5-22(32)27(25)33/h2-11,16,28,35-36H,12-15,17H2,1H3,(H,34,42)(H,44,45)/t28-/m1/s1. The summed E-state index contributed by atoms with van der Waals surface area (Å²) in [7, 11) is 1.76. The quantitative estimate of drug-likeness (QED) is 0.323. The fourth-order valence-electron chi connectivity index (χ4n) is 5.70. The van der Waals surface area contributed by atoms with Crippen LogP contribution in [0.15, 0.2) is 72.6 Å². The summed E-state index contributed by atoms with van der Waals surface area (Å²) in [6.45, 7) is 1.54. The molecule has 4 N–H and O–H groups in total. The lowest BCUT2D eigenvalue weighted by Gasteiger charge is -2.40. The van der Waals surface area contributed by atoms with E-state index in [0.29, 0.717) is 30.8 Å². The second-order valence-electron chi connectivity index (χ2n) is 10.8. The molecule has 1 saturated heterocycles. The average Bonchev–Trinajstić information content (AvgIpc) is 3.53. The molecule has 0 aliphatic carbocycles. The molecule has 3 heterocycles. The number of aromatic carboxylic acids is 1. The number of carboxylic acids is 1. The summed E-state index contributed by atoms with van der Waals surface area (Å²) in [4.78, 5) is 56.9. The summed E-state index contributed by atoms with van der Waals surface area (Å²) in [5.41, 5.74) is 8.37. The number of nitrogens with one attached hydrogen (secondary N) is 3. The second kappa shape index (κ2) is 12.1. The summed E-state index contributed by atoms with van der Waals surface area (Å²) in [5.74, 6) is -2.81. The molecule has 0 unspecified atom stereocenters. The van der Waals surface area contributed by atoms with Crippen LogP contribution >= 0.6 is 11.6 Å². The first-order chi connectivity index (χ1) is 21.6. The number of rotatable bonds is 6. The van der Waals surface area contributed by atoms with Crippen molar-refractivity contribution in [3.63, 3.8) is 0 Å². The maximum Gasteiger partial charge on any atom is 0.335 e. The van der Waals surface area contributed by atoms with Crippen LogP contribution in [0.5, 0.6) is 0 Å². The Morgan fingerprint density at radius 2 is 1.73 bits per heavy atom. The Morgan fingerprint density at radius 3 is 2.47 bits per heavy atom. The zero-order valence-electron chi connectivity index (χ0n) is 24.1. The van der Waals surface area contributed by atoms with E-state index in [-0.39, 0.29) is 41.0 Å². The lowest BCUT2D eigenvalue weighted by Crippen LogP contribution is -2.50. The average molecular weight is 634 g/mol. The third kappa shape index (κ3) is 5.75. The number of carboxylic acid groups (broad SMARTS) is 1. The Kier molecular flexibility index (Phi) is 8.04. The third-order valence-corrected chi connectivity index (χ3v) is 8.39. The van der Waals surface area contributed by atoms with Gasteiger partial charge < -0.3 is 25.1 Å². The van der Waals surface area contributed by atoms with E-state index in [1.165, 1.54) is 52.5 Å². The van der Waals surface area contributed by atoms with Gasteiger partial charge in [-0.05, 0) is 60.0 Å². The van der Waals surface area contributed by atoms with Crippen LogP contribution in [0.1, 0.15) is 27.5 Å². The van der Waals surface area contributed by atoms with Crippen molar-refractivity contribution >= 4 is 52.4 Å². The number of carbonyl (C=O) groups excluding carboxylic acids is 3. The molecule has 3 aliphatic heterocycles. The van der Waals surface area contributed by atoms with Crippen LogP contribution in [0.25, 0.3) is 0 Å². The molecule has 0 spiro atoms. The zero-order chi connectivity index (χ0) is 31.8. The summed E-state index contributed by atoms with van der Waals surface area (Å²) >= 11 is 5.95.